The lowest BCUT2D eigenvalue weighted by molar-refractivity contribution is 0.285. The highest BCUT2D eigenvalue weighted by atomic mass is 19.1. The Bertz CT molecular complexity index is 1320. The standard InChI is InChI=1S/C29H27FN4/c1-19-2-4-20(5-3-19)24-17-26-16-23(12-15-34(26)18-24)29-27(21-10-13-31-14-11-21)28(32-33-29)22-6-8-25(30)9-7-22/h2-11,13-14,16,24,26H,12,15,17-18H2,1H3,(H,32,33)/t24-,26-/m1/s1. The second-order valence-corrected chi connectivity index (χ2v) is 9.41. The molecule has 0 spiro atoms. The third-order valence-corrected chi connectivity index (χ3v) is 7.23. The first-order valence-electron chi connectivity index (χ1n) is 11.9. The maximum atomic E-state index is 13.6. The van der Waals surface area contributed by atoms with Gasteiger partial charge in [0, 0.05) is 42.7 Å². The summed E-state index contributed by atoms with van der Waals surface area (Å²) in [6, 6.07) is 20.0. The molecule has 0 saturated carbocycles. The van der Waals surface area contributed by atoms with Gasteiger partial charge in [0.15, 0.2) is 0 Å². The van der Waals surface area contributed by atoms with Gasteiger partial charge in [-0.15, -0.1) is 0 Å². The van der Waals surface area contributed by atoms with Crippen molar-refractivity contribution in [2.75, 3.05) is 13.1 Å². The van der Waals surface area contributed by atoms with E-state index in [0.717, 1.165) is 54.0 Å². The first-order chi connectivity index (χ1) is 16.7. The molecule has 0 unspecified atom stereocenters. The lowest BCUT2D eigenvalue weighted by atomic mass is 9.91. The Labute approximate surface area is 199 Å². The Balaban J connectivity index is 1.36. The van der Waals surface area contributed by atoms with Gasteiger partial charge in [0.2, 0.25) is 0 Å². The van der Waals surface area contributed by atoms with Crippen molar-refractivity contribution in [2.45, 2.75) is 31.7 Å². The van der Waals surface area contributed by atoms with Crippen LogP contribution in [0.15, 0.2) is 79.1 Å². The van der Waals surface area contributed by atoms with E-state index in [0.29, 0.717) is 12.0 Å². The predicted molar refractivity (Wildman–Crippen MR) is 134 cm³/mol. The van der Waals surface area contributed by atoms with Crippen LogP contribution in [-0.2, 0) is 0 Å². The Morgan fingerprint density at radius 3 is 2.47 bits per heavy atom. The van der Waals surface area contributed by atoms with Gasteiger partial charge in [-0.3, -0.25) is 15.0 Å². The van der Waals surface area contributed by atoms with Crippen LogP contribution in [0.2, 0.25) is 0 Å². The third-order valence-electron chi connectivity index (χ3n) is 7.23. The molecule has 2 atom stereocenters. The highest BCUT2D eigenvalue weighted by Crippen LogP contribution is 2.41. The van der Waals surface area contributed by atoms with Gasteiger partial charge in [-0.05, 0) is 78.8 Å². The molecular weight excluding hydrogens is 423 g/mol. The zero-order chi connectivity index (χ0) is 23.1. The summed E-state index contributed by atoms with van der Waals surface area (Å²) in [4.78, 5) is 6.80. The Hall–Kier alpha value is -3.57. The summed E-state index contributed by atoms with van der Waals surface area (Å²) in [6.45, 7) is 4.28. The van der Waals surface area contributed by atoms with E-state index in [9.17, 15) is 4.39 Å². The Kier molecular flexibility index (Phi) is 5.34. The SMILES string of the molecule is Cc1ccc([C@@H]2C[C@H]3C=C(c4n[nH]c(-c5ccc(F)cc5)c4-c4ccncc4)CCN3C2)cc1. The summed E-state index contributed by atoms with van der Waals surface area (Å²) < 4.78 is 13.6. The molecule has 170 valence electrons. The summed E-state index contributed by atoms with van der Waals surface area (Å²) in [6.07, 6.45) is 8.13. The Morgan fingerprint density at radius 1 is 0.941 bits per heavy atom. The van der Waals surface area contributed by atoms with Crippen molar-refractivity contribution in [1.82, 2.24) is 20.1 Å². The number of halogens is 1. The molecular formula is C29H27FN4. The van der Waals surface area contributed by atoms with Gasteiger partial charge < -0.3 is 0 Å². The second kappa shape index (κ2) is 8.65. The molecule has 0 amide bonds. The van der Waals surface area contributed by atoms with Crippen LogP contribution in [0.25, 0.3) is 28.0 Å². The largest absolute Gasteiger partial charge is 0.296 e. The first-order valence-corrected chi connectivity index (χ1v) is 11.9. The van der Waals surface area contributed by atoms with Crippen molar-refractivity contribution in [3.63, 3.8) is 0 Å². The number of nitrogens with one attached hydrogen (secondary N) is 1. The molecule has 0 bridgehead atoms. The zero-order valence-electron chi connectivity index (χ0n) is 19.2. The van der Waals surface area contributed by atoms with Crippen molar-refractivity contribution < 1.29 is 4.39 Å². The molecule has 0 radical (unpaired) electrons. The number of nitrogens with zero attached hydrogens (tertiary/aromatic N) is 3. The average Bonchev–Trinajstić information content (AvgIpc) is 3.50. The second-order valence-electron chi connectivity index (χ2n) is 9.41. The van der Waals surface area contributed by atoms with E-state index in [1.54, 1.807) is 24.5 Å². The van der Waals surface area contributed by atoms with Crippen LogP contribution in [0, 0.1) is 12.7 Å². The highest BCUT2D eigenvalue weighted by molar-refractivity contribution is 5.89. The first kappa shape index (κ1) is 21.0. The van der Waals surface area contributed by atoms with Gasteiger partial charge >= 0.3 is 0 Å². The fourth-order valence-electron chi connectivity index (χ4n) is 5.42. The van der Waals surface area contributed by atoms with Crippen LogP contribution < -0.4 is 0 Å². The van der Waals surface area contributed by atoms with Crippen LogP contribution in [-0.4, -0.2) is 39.2 Å². The fraction of sp³-hybridized carbons (Fsp3) is 0.241. The van der Waals surface area contributed by atoms with E-state index in [2.05, 4.69) is 52.2 Å². The number of fused-ring (bicyclic) bond motifs is 1. The zero-order valence-corrected chi connectivity index (χ0v) is 19.2. The van der Waals surface area contributed by atoms with Gasteiger partial charge in [0.1, 0.15) is 5.82 Å². The molecule has 2 aliphatic rings. The topological polar surface area (TPSA) is 44.8 Å². The summed E-state index contributed by atoms with van der Waals surface area (Å²) in [5, 5.41) is 8.05. The predicted octanol–water partition coefficient (Wildman–Crippen LogP) is 6.23. The molecule has 4 aromatic rings. The third kappa shape index (κ3) is 3.86. The molecule has 34 heavy (non-hydrogen) atoms. The van der Waals surface area contributed by atoms with Crippen molar-refractivity contribution in [2.24, 2.45) is 0 Å². The number of hydrogen-bond acceptors (Lipinski definition) is 3. The molecule has 2 aliphatic heterocycles. The molecule has 2 aromatic heterocycles. The molecule has 1 fully saturated rings. The number of rotatable bonds is 4. The quantitative estimate of drug-likeness (QED) is 0.401. The molecule has 0 aliphatic carbocycles. The van der Waals surface area contributed by atoms with E-state index >= 15 is 0 Å². The minimum absolute atomic E-state index is 0.242. The van der Waals surface area contributed by atoms with Crippen LogP contribution in [0.3, 0.4) is 0 Å². The molecule has 2 aromatic carbocycles. The van der Waals surface area contributed by atoms with Crippen molar-refractivity contribution >= 4 is 5.57 Å². The van der Waals surface area contributed by atoms with Crippen LogP contribution >= 0.6 is 0 Å². The summed E-state index contributed by atoms with van der Waals surface area (Å²) in [5.41, 5.74) is 8.96. The van der Waals surface area contributed by atoms with E-state index in [4.69, 9.17) is 5.10 Å². The normalized spacial score (nSPS) is 20.2. The highest BCUT2D eigenvalue weighted by Gasteiger charge is 2.35. The molecule has 5 heteroatoms. The number of hydrogen-bond donors (Lipinski definition) is 1. The van der Waals surface area contributed by atoms with Crippen LogP contribution in [0.5, 0.6) is 0 Å². The monoisotopic (exact) mass is 450 g/mol. The van der Waals surface area contributed by atoms with Crippen molar-refractivity contribution in [1.29, 1.82) is 0 Å². The smallest absolute Gasteiger partial charge is 0.123 e. The minimum atomic E-state index is -0.242. The molecule has 6 rings (SSSR count). The summed E-state index contributed by atoms with van der Waals surface area (Å²) in [5.74, 6) is 0.322. The molecule has 1 N–H and O–H groups in total. The Morgan fingerprint density at radius 2 is 1.71 bits per heavy atom. The lowest BCUT2D eigenvalue weighted by Gasteiger charge is -2.28. The maximum absolute atomic E-state index is 13.6. The van der Waals surface area contributed by atoms with Gasteiger partial charge in [-0.25, -0.2) is 4.39 Å². The van der Waals surface area contributed by atoms with E-state index in [1.165, 1.54) is 28.8 Å². The van der Waals surface area contributed by atoms with Crippen LogP contribution in [0.4, 0.5) is 4.39 Å². The maximum Gasteiger partial charge on any atom is 0.123 e. The minimum Gasteiger partial charge on any atom is -0.296 e. The van der Waals surface area contributed by atoms with Crippen molar-refractivity contribution in [3.8, 4) is 22.4 Å². The van der Waals surface area contributed by atoms with Gasteiger partial charge in [0.25, 0.3) is 0 Å². The van der Waals surface area contributed by atoms with Crippen molar-refractivity contribution in [3.05, 3.63) is 102 Å². The molecule has 4 heterocycles. The van der Waals surface area contributed by atoms with E-state index < -0.39 is 0 Å². The number of pyridine rings is 1. The number of aryl methyl sites for hydroxylation is 1. The summed E-state index contributed by atoms with van der Waals surface area (Å²) >= 11 is 0. The fourth-order valence-corrected chi connectivity index (χ4v) is 5.42. The molecule has 1 saturated heterocycles. The number of aromatic nitrogens is 3. The number of aromatic amines is 1. The lowest BCUT2D eigenvalue weighted by Crippen LogP contribution is -2.32. The van der Waals surface area contributed by atoms with E-state index in [-0.39, 0.29) is 5.82 Å². The van der Waals surface area contributed by atoms with Gasteiger partial charge in [0.05, 0.1) is 11.4 Å². The summed E-state index contributed by atoms with van der Waals surface area (Å²) in [7, 11) is 0. The van der Waals surface area contributed by atoms with Crippen LogP contribution in [0.1, 0.15) is 35.6 Å². The van der Waals surface area contributed by atoms with Gasteiger partial charge in [-0.2, -0.15) is 5.10 Å². The average molecular weight is 451 g/mol. The van der Waals surface area contributed by atoms with Gasteiger partial charge in [-0.1, -0.05) is 35.9 Å². The number of H-pyrrole nitrogens is 1. The number of benzene rings is 2. The van der Waals surface area contributed by atoms with E-state index in [1.807, 2.05) is 12.1 Å². The molecule has 4 nitrogen and oxygen atoms in total.